The fraction of sp³-hybridized carbons (Fsp3) is 0.600. The maximum atomic E-state index is 13.8. The summed E-state index contributed by atoms with van der Waals surface area (Å²) in [6.07, 6.45) is 7.53. The van der Waals surface area contributed by atoms with E-state index in [0.717, 1.165) is 58.0 Å². The van der Waals surface area contributed by atoms with Gasteiger partial charge in [-0.3, -0.25) is 9.59 Å². The Bertz CT molecular complexity index is 958. The summed E-state index contributed by atoms with van der Waals surface area (Å²) in [7, 11) is 0. The van der Waals surface area contributed by atoms with E-state index in [1.54, 1.807) is 24.3 Å². The second-order valence-corrected chi connectivity index (χ2v) is 9.35. The van der Waals surface area contributed by atoms with Gasteiger partial charge >= 0.3 is 6.09 Å². The van der Waals surface area contributed by atoms with E-state index in [-0.39, 0.29) is 24.7 Å². The van der Waals surface area contributed by atoms with E-state index in [9.17, 15) is 14.4 Å². The Labute approximate surface area is 193 Å². The van der Waals surface area contributed by atoms with Gasteiger partial charge < -0.3 is 19.8 Å². The Kier molecular flexibility index (Phi) is 7.42. The molecule has 1 aliphatic heterocycles. The molecule has 1 saturated carbocycles. The molecule has 8 nitrogen and oxygen atoms in total. The van der Waals surface area contributed by atoms with Crippen molar-refractivity contribution in [3.63, 3.8) is 0 Å². The van der Waals surface area contributed by atoms with Gasteiger partial charge in [0.05, 0.1) is 0 Å². The van der Waals surface area contributed by atoms with Crippen LogP contribution in [0.2, 0.25) is 0 Å². The van der Waals surface area contributed by atoms with Crippen molar-refractivity contribution in [1.29, 1.82) is 0 Å². The molecule has 33 heavy (non-hydrogen) atoms. The van der Waals surface area contributed by atoms with Gasteiger partial charge in [-0.05, 0) is 44.0 Å². The molecule has 2 aliphatic rings. The van der Waals surface area contributed by atoms with Gasteiger partial charge in [0.25, 0.3) is 11.7 Å². The zero-order chi connectivity index (χ0) is 23.3. The Hall–Kier alpha value is -2.74. The van der Waals surface area contributed by atoms with Gasteiger partial charge in [-0.2, -0.15) is 0 Å². The number of fused-ring (bicyclic) bond motifs is 1. The maximum absolute atomic E-state index is 13.8. The van der Waals surface area contributed by atoms with Crippen molar-refractivity contribution in [1.82, 2.24) is 9.88 Å². The van der Waals surface area contributed by atoms with Crippen molar-refractivity contribution in [3.8, 4) is 0 Å². The second kappa shape index (κ2) is 10.5. The summed E-state index contributed by atoms with van der Waals surface area (Å²) in [6.45, 7) is 2.23. The molecule has 0 radical (unpaired) electrons. The van der Waals surface area contributed by atoms with Crippen molar-refractivity contribution in [2.75, 3.05) is 19.6 Å². The SMILES string of the molecule is NC(=O)O[C@@](CCN1CCCCC1)(C(=O)CC1CCCCC1)C(=O)c1nc2ccccc2o1. The minimum Gasteiger partial charge on any atom is -0.434 e. The molecule has 0 unspecified atom stereocenters. The fourth-order valence-corrected chi connectivity index (χ4v) is 5.16. The number of aromatic nitrogens is 1. The topological polar surface area (TPSA) is 116 Å². The first-order chi connectivity index (χ1) is 16.0. The van der Waals surface area contributed by atoms with E-state index in [1.807, 2.05) is 0 Å². The highest BCUT2D eigenvalue weighted by molar-refractivity contribution is 6.17. The van der Waals surface area contributed by atoms with Gasteiger partial charge in [-0.25, -0.2) is 9.78 Å². The lowest BCUT2D eigenvalue weighted by molar-refractivity contribution is -0.135. The molecular weight excluding hydrogens is 422 g/mol. The van der Waals surface area contributed by atoms with Crippen LogP contribution in [0.15, 0.2) is 28.7 Å². The lowest BCUT2D eigenvalue weighted by atomic mass is 9.79. The third-order valence-corrected chi connectivity index (χ3v) is 7.01. The molecule has 1 aromatic carbocycles. The van der Waals surface area contributed by atoms with Gasteiger partial charge in [-0.15, -0.1) is 0 Å². The number of primary amides is 1. The number of nitrogens with zero attached hydrogens (tertiary/aromatic N) is 2. The Morgan fingerprint density at radius 3 is 2.45 bits per heavy atom. The molecule has 8 heteroatoms. The fourth-order valence-electron chi connectivity index (χ4n) is 5.16. The average Bonchev–Trinajstić information content (AvgIpc) is 3.26. The van der Waals surface area contributed by atoms with Crippen LogP contribution in [0.5, 0.6) is 0 Å². The van der Waals surface area contributed by atoms with Gasteiger partial charge in [0, 0.05) is 19.4 Å². The number of oxazole rings is 1. The first-order valence-corrected chi connectivity index (χ1v) is 12.1. The maximum Gasteiger partial charge on any atom is 0.405 e. The molecule has 2 N–H and O–H groups in total. The van der Waals surface area contributed by atoms with E-state index in [2.05, 4.69) is 9.88 Å². The number of benzene rings is 1. The molecule has 2 fully saturated rings. The normalized spacial score (nSPS) is 19.8. The number of ketones is 2. The van der Waals surface area contributed by atoms with E-state index in [0.29, 0.717) is 17.6 Å². The number of nitrogens with two attached hydrogens (primary N) is 1. The van der Waals surface area contributed by atoms with Crippen molar-refractivity contribution >= 4 is 28.8 Å². The summed E-state index contributed by atoms with van der Waals surface area (Å²) in [5, 5.41) is 0. The molecule has 2 heterocycles. The first-order valence-electron chi connectivity index (χ1n) is 12.1. The Balaban J connectivity index is 1.66. The van der Waals surface area contributed by atoms with Crippen LogP contribution in [0.4, 0.5) is 4.79 Å². The standard InChI is InChI=1S/C25H33N3O5/c26-24(31)33-25(13-16-28-14-7-2-8-15-28,21(29)17-18-9-3-1-4-10-18)22(30)23-27-19-11-5-6-12-20(19)32-23/h5-6,11-12,18H,1-4,7-10,13-17H2,(H2,26,31)/t25-/m0/s1. The largest absolute Gasteiger partial charge is 0.434 e. The number of carbonyl (C=O) groups is 3. The molecule has 2 aromatic rings. The number of para-hydroxylation sites is 2. The lowest BCUT2D eigenvalue weighted by Gasteiger charge is -2.34. The van der Waals surface area contributed by atoms with Crippen LogP contribution in [-0.2, 0) is 9.53 Å². The van der Waals surface area contributed by atoms with Crippen LogP contribution in [0.3, 0.4) is 0 Å². The molecule has 4 rings (SSSR count). The van der Waals surface area contributed by atoms with Gasteiger partial charge in [0.15, 0.2) is 11.4 Å². The summed E-state index contributed by atoms with van der Waals surface area (Å²) in [6, 6.07) is 6.99. The Morgan fingerprint density at radius 2 is 1.76 bits per heavy atom. The summed E-state index contributed by atoms with van der Waals surface area (Å²) in [5.74, 6) is -1.19. The van der Waals surface area contributed by atoms with Crippen molar-refractivity contribution in [2.45, 2.75) is 69.8 Å². The number of likely N-dealkylation sites (tertiary alicyclic amines) is 1. The highest BCUT2D eigenvalue weighted by Crippen LogP contribution is 2.33. The van der Waals surface area contributed by atoms with Gasteiger partial charge in [-0.1, -0.05) is 50.7 Å². The van der Waals surface area contributed by atoms with Crippen LogP contribution in [0.25, 0.3) is 11.1 Å². The minimum absolute atomic E-state index is 0.0407. The number of hydrogen-bond acceptors (Lipinski definition) is 7. The summed E-state index contributed by atoms with van der Waals surface area (Å²) < 4.78 is 11.1. The van der Waals surface area contributed by atoms with Crippen LogP contribution < -0.4 is 5.73 Å². The minimum atomic E-state index is -2.03. The molecule has 0 bridgehead atoms. The first kappa shape index (κ1) is 23.4. The van der Waals surface area contributed by atoms with E-state index >= 15 is 0 Å². The highest BCUT2D eigenvalue weighted by Gasteiger charge is 2.51. The monoisotopic (exact) mass is 455 g/mol. The number of Topliss-reactive ketones (excluding diaryl/α,β-unsaturated/α-hetero) is 2. The molecule has 1 amide bonds. The molecule has 1 saturated heterocycles. The second-order valence-electron chi connectivity index (χ2n) is 9.35. The summed E-state index contributed by atoms with van der Waals surface area (Å²) in [5.41, 5.74) is 4.33. The van der Waals surface area contributed by atoms with Crippen LogP contribution in [-0.4, -0.2) is 52.8 Å². The predicted molar refractivity (Wildman–Crippen MR) is 123 cm³/mol. The van der Waals surface area contributed by atoms with Gasteiger partial charge in [0.2, 0.25) is 5.60 Å². The molecule has 1 aromatic heterocycles. The van der Waals surface area contributed by atoms with Crippen molar-refractivity contribution in [2.24, 2.45) is 11.7 Å². The number of amides is 1. The lowest BCUT2D eigenvalue weighted by Crippen LogP contribution is -2.54. The molecule has 0 spiro atoms. The smallest absolute Gasteiger partial charge is 0.405 e. The van der Waals surface area contributed by atoms with Crippen molar-refractivity contribution in [3.05, 3.63) is 30.2 Å². The third kappa shape index (κ3) is 5.43. The summed E-state index contributed by atoms with van der Waals surface area (Å²) >= 11 is 0. The van der Waals surface area contributed by atoms with Crippen LogP contribution in [0.1, 0.15) is 74.9 Å². The van der Waals surface area contributed by atoms with Crippen LogP contribution >= 0.6 is 0 Å². The Morgan fingerprint density at radius 1 is 1.06 bits per heavy atom. The van der Waals surface area contributed by atoms with Crippen molar-refractivity contribution < 1.29 is 23.5 Å². The number of carbonyl (C=O) groups excluding carboxylic acids is 3. The zero-order valence-corrected chi connectivity index (χ0v) is 19.1. The van der Waals surface area contributed by atoms with E-state index in [1.165, 1.54) is 6.42 Å². The molecule has 178 valence electrons. The number of rotatable bonds is 9. The number of ether oxygens (including phenoxy) is 1. The molecule has 1 atom stereocenters. The number of piperidine rings is 1. The summed E-state index contributed by atoms with van der Waals surface area (Å²) in [4.78, 5) is 46.0. The van der Waals surface area contributed by atoms with E-state index in [4.69, 9.17) is 14.9 Å². The predicted octanol–water partition coefficient (Wildman–Crippen LogP) is 4.26. The van der Waals surface area contributed by atoms with E-state index < -0.39 is 23.3 Å². The quantitative estimate of drug-likeness (QED) is 0.443. The highest BCUT2D eigenvalue weighted by atomic mass is 16.6. The third-order valence-electron chi connectivity index (χ3n) is 7.01. The number of hydrogen-bond donors (Lipinski definition) is 1. The zero-order valence-electron chi connectivity index (χ0n) is 19.1. The molecular formula is C25H33N3O5. The van der Waals surface area contributed by atoms with Gasteiger partial charge in [0.1, 0.15) is 5.52 Å². The average molecular weight is 456 g/mol. The van der Waals surface area contributed by atoms with Crippen LogP contribution in [0, 0.1) is 5.92 Å². The molecule has 1 aliphatic carbocycles.